The largest absolute Gasteiger partial charge is 0.497 e. The monoisotopic (exact) mass is 550 g/mol. The van der Waals surface area contributed by atoms with Gasteiger partial charge in [0, 0.05) is 29.8 Å². The molecule has 0 bridgehead atoms. The minimum atomic E-state index is -0.302. The number of carbonyl (C=O) groups is 2. The number of carbonyl (C=O) groups excluding carboxylic acids is 2. The number of aryl methyl sites for hydroxylation is 1. The third-order valence-corrected chi connectivity index (χ3v) is 6.81. The van der Waals surface area contributed by atoms with Crippen molar-refractivity contribution in [3.8, 4) is 28.5 Å². The SMILES string of the molecule is COc1ccc(Cn2nc(C(C)=O)c3ccc(-c4cc(NC(=O)c5cc(OC)cc(OC)c5)ccc4C)nc32)cc1. The molecule has 0 atom stereocenters. The number of methoxy groups -OCH3 is 3. The fourth-order valence-electron chi connectivity index (χ4n) is 4.59. The van der Waals surface area contributed by atoms with E-state index < -0.39 is 0 Å². The molecule has 208 valence electrons. The van der Waals surface area contributed by atoms with Crippen molar-refractivity contribution in [1.29, 1.82) is 0 Å². The van der Waals surface area contributed by atoms with Crippen LogP contribution in [0, 0.1) is 6.92 Å². The zero-order valence-corrected chi connectivity index (χ0v) is 23.5. The molecule has 0 aliphatic carbocycles. The maximum Gasteiger partial charge on any atom is 0.255 e. The molecule has 0 unspecified atom stereocenters. The summed E-state index contributed by atoms with van der Waals surface area (Å²) in [6.07, 6.45) is 0. The number of nitrogens with zero attached hydrogens (tertiary/aromatic N) is 3. The maximum atomic E-state index is 13.1. The summed E-state index contributed by atoms with van der Waals surface area (Å²) in [4.78, 5) is 30.4. The molecule has 0 saturated carbocycles. The van der Waals surface area contributed by atoms with Crippen molar-refractivity contribution in [2.75, 3.05) is 26.6 Å². The zero-order valence-electron chi connectivity index (χ0n) is 23.5. The Hall–Kier alpha value is -5.18. The third-order valence-electron chi connectivity index (χ3n) is 6.81. The summed E-state index contributed by atoms with van der Waals surface area (Å²) < 4.78 is 17.6. The van der Waals surface area contributed by atoms with Gasteiger partial charge in [-0.15, -0.1) is 0 Å². The quantitative estimate of drug-likeness (QED) is 0.227. The number of fused-ring (bicyclic) bond motifs is 1. The number of ketones is 1. The van der Waals surface area contributed by atoms with Crippen LogP contribution in [0.2, 0.25) is 0 Å². The molecule has 5 rings (SSSR count). The van der Waals surface area contributed by atoms with E-state index in [9.17, 15) is 9.59 Å². The van der Waals surface area contributed by atoms with E-state index >= 15 is 0 Å². The molecule has 5 aromatic rings. The number of pyridine rings is 1. The zero-order chi connectivity index (χ0) is 29.1. The van der Waals surface area contributed by atoms with E-state index in [-0.39, 0.29) is 11.7 Å². The Morgan fingerprint density at radius 3 is 2.15 bits per heavy atom. The third kappa shape index (κ3) is 5.74. The van der Waals surface area contributed by atoms with Gasteiger partial charge in [-0.3, -0.25) is 9.59 Å². The van der Waals surface area contributed by atoms with Gasteiger partial charge in [-0.1, -0.05) is 18.2 Å². The first-order chi connectivity index (χ1) is 19.8. The highest BCUT2D eigenvalue weighted by Crippen LogP contribution is 2.30. The van der Waals surface area contributed by atoms with Crippen LogP contribution in [-0.4, -0.2) is 47.8 Å². The lowest BCUT2D eigenvalue weighted by Crippen LogP contribution is -2.12. The molecule has 3 aromatic carbocycles. The molecular formula is C32H30N4O5. The van der Waals surface area contributed by atoms with Gasteiger partial charge >= 0.3 is 0 Å². The van der Waals surface area contributed by atoms with Crippen molar-refractivity contribution < 1.29 is 23.8 Å². The van der Waals surface area contributed by atoms with Crippen molar-refractivity contribution in [2.24, 2.45) is 0 Å². The second-order valence-corrected chi connectivity index (χ2v) is 9.56. The molecule has 2 aromatic heterocycles. The topological polar surface area (TPSA) is 105 Å². The molecule has 0 saturated heterocycles. The van der Waals surface area contributed by atoms with E-state index in [0.29, 0.717) is 51.7 Å². The van der Waals surface area contributed by atoms with Crippen LogP contribution in [0.5, 0.6) is 17.2 Å². The van der Waals surface area contributed by atoms with Crippen LogP contribution in [0.1, 0.15) is 38.9 Å². The number of hydrogen-bond acceptors (Lipinski definition) is 7. The standard InChI is InChI=1S/C32H30N4O5/c1-19-6-9-23(33-32(38)22-14-25(40-4)17-26(15-22)41-5)16-28(19)29-13-12-27-30(20(2)37)35-36(31(27)34-29)18-21-7-10-24(39-3)11-8-21/h6-17H,18H2,1-5H3,(H,33,38). The van der Waals surface area contributed by atoms with E-state index in [1.807, 2.05) is 61.5 Å². The first-order valence-electron chi connectivity index (χ1n) is 13.0. The van der Waals surface area contributed by atoms with Crippen LogP contribution < -0.4 is 19.5 Å². The summed E-state index contributed by atoms with van der Waals surface area (Å²) in [5.74, 6) is 1.37. The van der Waals surface area contributed by atoms with Gasteiger partial charge in [0.25, 0.3) is 5.91 Å². The van der Waals surface area contributed by atoms with Crippen molar-refractivity contribution in [2.45, 2.75) is 20.4 Å². The van der Waals surface area contributed by atoms with E-state index in [2.05, 4.69) is 10.4 Å². The molecule has 2 heterocycles. The number of ether oxygens (including phenoxy) is 3. The molecular weight excluding hydrogens is 520 g/mol. The lowest BCUT2D eigenvalue weighted by atomic mass is 10.0. The van der Waals surface area contributed by atoms with Gasteiger partial charge in [-0.05, 0) is 66.6 Å². The van der Waals surface area contributed by atoms with Crippen LogP contribution in [0.4, 0.5) is 5.69 Å². The van der Waals surface area contributed by atoms with Crippen molar-refractivity contribution in [3.63, 3.8) is 0 Å². The average Bonchev–Trinajstić information content (AvgIpc) is 3.35. The van der Waals surface area contributed by atoms with E-state index in [4.69, 9.17) is 19.2 Å². The Morgan fingerprint density at radius 1 is 0.829 bits per heavy atom. The van der Waals surface area contributed by atoms with E-state index in [0.717, 1.165) is 22.4 Å². The van der Waals surface area contributed by atoms with Gasteiger partial charge in [-0.25, -0.2) is 9.67 Å². The van der Waals surface area contributed by atoms with Crippen LogP contribution in [-0.2, 0) is 6.54 Å². The fourth-order valence-corrected chi connectivity index (χ4v) is 4.59. The van der Waals surface area contributed by atoms with Gasteiger partial charge in [0.15, 0.2) is 11.4 Å². The van der Waals surface area contributed by atoms with Gasteiger partial charge in [0.05, 0.1) is 39.0 Å². The Kier molecular flexibility index (Phi) is 7.69. The second-order valence-electron chi connectivity index (χ2n) is 9.56. The smallest absolute Gasteiger partial charge is 0.255 e. The lowest BCUT2D eigenvalue weighted by molar-refractivity contribution is 0.100. The Bertz CT molecular complexity index is 1740. The Morgan fingerprint density at radius 2 is 1.51 bits per heavy atom. The number of benzene rings is 3. The van der Waals surface area contributed by atoms with Crippen LogP contribution in [0.25, 0.3) is 22.3 Å². The predicted octanol–water partition coefficient (Wildman–Crippen LogP) is 5.94. The first-order valence-corrected chi connectivity index (χ1v) is 13.0. The molecule has 0 radical (unpaired) electrons. The first kappa shape index (κ1) is 27.4. The van der Waals surface area contributed by atoms with Crippen molar-refractivity contribution >= 4 is 28.4 Å². The summed E-state index contributed by atoms with van der Waals surface area (Å²) in [6, 6.07) is 22.1. The number of Topliss-reactive ketones (excluding diaryl/α,β-unsaturated/α-hetero) is 1. The van der Waals surface area contributed by atoms with Crippen molar-refractivity contribution in [3.05, 3.63) is 95.2 Å². The minimum absolute atomic E-state index is 0.131. The number of rotatable bonds is 9. The fraction of sp³-hybridized carbons (Fsp3) is 0.188. The molecule has 41 heavy (non-hydrogen) atoms. The highest BCUT2D eigenvalue weighted by Gasteiger charge is 2.18. The van der Waals surface area contributed by atoms with Gasteiger partial charge in [0.1, 0.15) is 22.9 Å². The van der Waals surface area contributed by atoms with E-state index in [1.165, 1.54) is 21.1 Å². The molecule has 1 amide bonds. The molecule has 1 N–H and O–H groups in total. The minimum Gasteiger partial charge on any atom is -0.497 e. The molecule has 0 aliphatic heterocycles. The maximum absolute atomic E-state index is 13.1. The molecule has 9 nitrogen and oxygen atoms in total. The number of aromatic nitrogens is 3. The molecule has 0 aliphatic rings. The van der Waals surface area contributed by atoms with Gasteiger partial charge in [0.2, 0.25) is 0 Å². The highest BCUT2D eigenvalue weighted by atomic mass is 16.5. The number of amides is 1. The predicted molar refractivity (Wildman–Crippen MR) is 157 cm³/mol. The highest BCUT2D eigenvalue weighted by molar-refractivity contribution is 6.06. The number of hydrogen-bond donors (Lipinski definition) is 1. The second kappa shape index (κ2) is 11.5. The summed E-state index contributed by atoms with van der Waals surface area (Å²) >= 11 is 0. The summed E-state index contributed by atoms with van der Waals surface area (Å²) in [5.41, 5.74) is 5.49. The van der Waals surface area contributed by atoms with Crippen LogP contribution in [0.15, 0.2) is 72.8 Å². The van der Waals surface area contributed by atoms with E-state index in [1.54, 1.807) is 30.0 Å². The Labute approximate surface area is 237 Å². The summed E-state index contributed by atoms with van der Waals surface area (Å²) in [7, 11) is 4.70. The molecule has 0 fully saturated rings. The summed E-state index contributed by atoms with van der Waals surface area (Å²) in [6.45, 7) is 3.92. The molecule has 9 heteroatoms. The average molecular weight is 551 g/mol. The van der Waals surface area contributed by atoms with Crippen LogP contribution in [0.3, 0.4) is 0 Å². The van der Waals surface area contributed by atoms with Crippen molar-refractivity contribution in [1.82, 2.24) is 14.8 Å². The summed E-state index contributed by atoms with van der Waals surface area (Å²) in [5, 5.41) is 8.24. The van der Waals surface area contributed by atoms with Crippen LogP contribution >= 0.6 is 0 Å². The number of nitrogens with one attached hydrogen (secondary N) is 1. The normalized spacial score (nSPS) is 10.9. The van der Waals surface area contributed by atoms with Gasteiger partial charge < -0.3 is 19.5 Å². The lowest BCUT2D eigenvalue weighted by Gasteiger charge is -2.12. The van der Waals surface area contributed by atoms with Gasteiger partial charge in [-0.2, -0.15) is 5.10 Å². The number of anilines is 1. The molecule has 0 spiro atoms. The Balaban J connectivity index is 1.50.